The minimum atomic E-state index is -0.220. The minimum absolute atomic E-state index is 0.0257. The molecule has 0 saturated carbocycles. The lowest BCUT2D eigenvalue weighted by atomic mass is 10.1. The van der Waals surface area contributed by atoms with E-state index >= 15 is 0 Å². The van der Waals surface area contributed by atoms with Gasteiger partial charge in [-0.25, -0.2) is 0 Å². The number of carbonyl (C=O) groups excluding carboxylic acids is 2. The second-order valence-electron chi connectivity index (χ2n) is 6.91. The Kier molecular flexibility index (Phi) is 6.49. The Morgan fingerprint density at radius 3 is 2.68 bits per heavy atom. The summed E-state index contributed by atoms with van der Waals surface area (Å²) in [5, 5.41) is 3.29. The summed E-state index contributed by atoms with van der Waals surface area (Å²) in [5.74, 6) is 0.866. The number of amides is 2. The summed E-state index contributed by atoms with van der Waals surface area (Å²) < 4.78 is 5.75. The highest BCUT2D eigenvalue weighted by Crippen LogP contribution is 2.45. The number of hydrogen-bond donors (Lipinski definition) is 1. The van der Waals surface area contributed by atoms with Crippen molar-refractivity contribution in [2.45, 2.75) is 12.3 Å². The minimum Gasteiger partial charge on any atom is -0.492 e. The highest BCUT2D eigenvalue weighted by atomic mass is 35.5. The summed E-state index contributed by atoms with van der Waals surface area (Å²) in [6.07, 6.45) is 0. The SMILES string of the molecule is CCOc1ccccc1N1C(=O)CS[C@@H]1c1cccc(NC(=O)c2ccc(Cl)cc2)c1. The highest BCUT2D eigenvalue weighted by Gasteiger charge is 2.35. The van der Waals surface area contributed by atoms with E-state index in [-0.39, 0.29) is 17.2 Å². The number of nitrogens with one attached hydrogen (secondary N) is 1. The van der Waals surface area contributed by atoms with E-state index in [1.807, 2.05) is 55.5 Å². The molecule has 0 bridgehead atoms. The molecule has 1 N–H and O–H groups in total. The van der Waals surface area contributed by atoms with Crippen molar-refractivity contribution in [3.63, 3.8) is 0 Å². The third-order valence-corrected chi connectivity index (χ3v) is 6.29. The van der Waals surface area contributed by atoms with Crippen molar-refractivity contribution in [1.82, 2.24) is 0 Å². The number of hydrogen-bond acceptors (Lipinski definition) is 4. The number of nitrogens with zero attached hydrogens (tertiary/aromatic N) is 1. The molecule has 1 saturated heterocycles. The Morgan fingerprint density at radius 2 is 1.90 bits per heavy atom. The first-order valence-electron chi connectivity index (χ1n) is 9.89. The molecule has 1 atom stereocenters. The van der Waals surface area contributed by atoms with Crippen molar-refractivity contribution in [2.75, 3.05) is 22.6 Å². The number of benzene rings is 3. The molecule has 4 rings (SSSR count). The molecule has 158 valence electrons. The monoisotopic (exact) mass is 452 g/mol. The van der Waals surface area contributed by atoms with Gasteiger partial charge in [-0.15, -0.1) is 11.8 Å². The zero-order valence-electron chi connectivity index (χ0n) is 16.9. The van der Waals surface area contributed by atoms with E-state index in [0.29, 0.717) is 34.4 Å². The molecule has 7 heteroatoms. The van der Waals surface area contributed by atoms with Crippen LogP contribution in [-0.2, 0) is 4.79 Å². The van der Waals surface area contributed by atoms with E-state index in [4.69, 9.17) is 16.3 Å². The quantitative estimate of drug-likeness (QED) is 0.515. The predicted octanol–water partition coefficient (Wildman–Crippen LogP) is 5.77. The van der Waals surface area contributed by atoms with Gasteiger partial charge in [0.05, 0.1) is 18.0 Å². The van der Waals surface area contributed by atoms with Crippen LogP contribution in [0.25, 0.3) is 0 Å². The molecule has 5 nitrogen and oxygen atoms in total. The van der Waals surface area contributed by atoms with Crippen LogP contribution in [0.5, 0.6) is 5.75 Å². The largest absolute Gasteiger partial charge is 0.492 e. The fraction of sp³-hybridized carbons (Fsp3) is 0.167. The maximum Gasteiger partial charge on any atom is 0.255 e. The van der Waals surface area contributed by atoms with E-state index < -0.39 is 0 Å². The molecule has 1 fully saturated rings. The van der Waals surface area contributed by atoms with Crippen LogP contribution in [0.15, 0.2) is 72.8 Å². The van der Waals surface area contributed by atoms with Crippen molar-refractivity contribution in [3.05, 3.63) is 88.9 Å². The molecule has 0 aromatic heterocycles. The Morgan fingerprint density at radius 1 is 1.13 bits per heavy atom. The van der Waals surface area contributed by atoms with E-state index in [9.17, 15) is 9.59 Å². The third kappa shape index (κ3) is 4.70. The fourth-order valence-electron chi connectivity index (χ4n) is 3.44. The van der Waals surface area contributed by atoms with Gasteiger partial charge in [0.2, 0.25) is 5.91 Å². The average molecular weight is 453 g/mol. The lowest BCUT2D eigenvalue weighted by Gasteiger charge is -2.26. The van der Waals surface area contributed by atoms with Crippen LogP contribution in [0, 0.1) is 0 Å². The van der Waals surface area contributed by atoms with Crippen molar-refractivity contribution < 1.29 is 14.3 Å². The van der Waals surface area contributed by atoms with Crippen LogP contribution >= 0.6 is 23.4 Å². The van der Waals surface area contributed by atoms with Gasteiger partial charge in [-0.1, -0.05) is 35.9 Å². The van der Waals surface area contributed by atoms with Gasteiger partial charge in [-0.05, 0) is 61.0 Å². The van der Waals surface area contributed by atoms with Gasteiger partial charge in [0.1, 0.15) is 11.1 Å². The normalized spacial score (nSPS) is 15.7. The van der Waals surface area contributed by atoms with Crippen LogP contribution in [0.4, 0.5) is 11.4 Å². The van der Waals surface area contributed by atoms with Crippen molar-refractivity contribution in [2.24, 2.45) is 0 Å². The van der Waals surface area contributed by atoms with E-state index in [2.05, 4.69) is 5.32 Å². The Bertz CT molecular complexity index is 1100. The van der Waals surface area contributed by atoms with E-state index in [1.165, 1.54) is 0 Å². The summed E-state index contributed by atoms with van der Waals surface area (Å²) >= 11 is 7.45. The number of para-hydroxylation sites is 2. The predicted molar refractivity (Wildman–Crippen MR) is 126 cm³/mol. The van der Waals surface area contributed by atoms with Gasteiger partial charge in [-0.2, -0.15) is 0 Å². The van der Waals surface area contributed by atoms with E-state index in [0.717, 1.165) is 11.3 Å². The highest BCUT2D eigenvalue weighted by molar-refractivity contribution is 8.00. The Labute approximate surface area is 190 Å². The number of ether oxygens (including phenoxy) is 1. The molecule has 3 aromatic carbocycles. The maximum absolute atomic E-state index is 12.8. The van der Waals surface area contributed by atoms with Crippen LogP contribution < -0.4 is 15.0 Å². The number of carbonyl (C=O) groups is 2. The second kappa shape index (κ2) is 9.45. The van der Waals surface area contributed by atoms with Crippen LogP contribution in [0.2, 0.25) is 5.02 Å². The first-order valence-corrected chi connectivity index (χ1v) is 11.3. The molecular weight excluding hydrogens is 432 g/mol. The van der Waals surface area contributed by atoms with Gasteiger partial charge >= 0.3 is 0 Å². The Balaban J connectivity index is 1.60. The molecule has 0 spiro atoms. The molecule has 0 radical (unpaired) electrons. The van der Waals surface area contributed by atoms with Gasteiger partial charge in [0.15, 0.2) is 0 Å². The van der Waals surface area contributed by atoms with Gasteiger partial charge in [0, 0.05) is 16.3 Å². The number of anilines is 2. The standard InChI is InChI=1S/C24H21ClN2O3S/c1-2-30-21-9-4-3-8-20(21)27-22(28)15-31-24(27)17-6-5-7-19(14-17)26-23(29)16-10-12-18(25)13-11-16/h3-14,24H,2,15H2,1H3,(H,26,29)/t24-/m1/s1. The van der Waals surface area contributed by atoms with Crippen LogP contribution in [0.1, 0.15) is 28.2 Å². The molecule has 1 aliphatic rings. The lowest BCUT2D eigenvalue weighted by molar-refractivity contribution is -0.115. The van der Waals surface area contributed by atoms with E-state index in [1.54, 1.807) is 40.9 Å². The Hall–Kier alpha value is -2.96. The zero-order chi connectivity index (χ0) is 21.8. The summed E-state index contributed by atoms with van der Waals surface area (Å²) in [7, 11) is 0. The molecule has 1 aliphatic heterocycles. The van der Waals surface area contributed by atoms with Crippen molar-refractivity contribution >= 4 is 46.6 Å². The summed E-state index contributed by atoms with van der Waals surface area (Å²) in [6, 6.07) is 21.9. The van der Waals surface area contributed by atoms with Crippen LogP contribution in [-0.4, -0.2) is 24.2 Å². The molecule has 3 aromatic rings. The first kappa shape index (κ1) is 21.3. The number of rotatable bonds is 6. The summed E-state index contributed by atoms with van der Waals surface area (Å²) in [4.78, 5) is 27.1. The fourth-order valence-corrected chi connectivity index (χ4v) is 4.72. The number of halogens is 1. The molecule has 1 heterocycles. The van der Waals surface area contributed by atoms with Gasteiger partial charge < -0.3 is 10.1 Å². The maximum atomic E-state index is 12.8. The smallest absolute Gasteiger partial charge is 0.255 e. The zero-order valence-corrected chi connectivity index (χ0v) is 18.5. The van der Waals surface area contributed by atoms with Crippen molar-refractivity contribution in [1.29, 1.82) is 0 Å². The third-order valence-electron chi connectivity index (χ3n) is 4.83. The molecule has 31 heavy (non-hydrogen) atoms. The van der Waals surface area contributed by atoms with Gasteiger partial charge in [0.25, 0.3) is 5.91 Å². The van der Waals surface area contributed by atoms with Crippen molar-refractivity contribution in [3.8, 4) is 5.75 Å². The molecular formula is C24H21ClN2O3S. The molecule has 2 amide bonds. The topological polar surface area (TPSA) is 58.6 Å². The summed E-state index contributed by atoms with van der Waals surface area (Å²) in [5.41, 5.74) is 2.86. The molecule has 0 aliphatic carbocycles. The molecule has 0 unspecified atom stereocenters. The van der Waals surface area contributed by atoms with Gasteiger partial charge in [-0.3, -0.25) is 14.5 Å². The second-order valence-corrected chi connectivity index (χ2v) is 8.42. The first-order chi connectivity index (χ1) is 15.1. The van der Waals surface area contributed by atoms with Crippen LogP contribution in [0.3, 0.4) is 0 Å². The summed E-state index contributed by atoms with van der Waals surface area (Å²) in [6.45, 7) is 2.44. The average Bonchev–Trinajstić information content (AvgIpc) is 3.16. The number of thioether (sulfide) groups is 1. The lowest BCUT2D eigenvalue weighted by Crippen LogP contribution is -2.28.